The van der Waals surface area contributed by atoms with Crippen LogP contribution in [0.2, 0.25) is 25.7 Å². The summed E-state index contributed by atoms with van der Waals surface area (Å²) < 4.78 is 13.0. The van der Waals surface area contributed by atoms with E-state index in [9.17, 15) is 4.79 Å². The van der Waals surface area contributed by atoms with E-state index in [4.69, 9.17) is 9.47 Å². The van der Waals surface area contributed by atoms with Crippen molar-refractivity contribution in [3.05, 3.63) is 30.0 Å². The number of carbonyl (C=O) groups is 1. The lowest BCUT2D eigenvalue weighted by atomic mass is 10.2. The summed E-state index contributed by atoms with van der Waals surface area (Å²) in [7, 11) is 0.563. The van der Waals surface area contributed by atoms with E-state index < -0.39 is 8.07 Å². The van der Waals surface area contributed by atoms with E-state index >= 15 is 0 Å². The molecular weight excluding hydrogens is 282 g/mol. The van der Waals surface area contributed by atoms with Crippen molar-refractivity contribution in [2.45, 2.75) is 32.4 Å². The maximum absolute atomic E-state index is 11.2. The van der Waals surface area contributed by atoms with E-state index in [0.29, 0.717) is 12.3 Å². The minimum absolute atomic E-state index is 0.460. The van der Waals surface area contributed by atoms with Gasteiger partial charge in [0.15, 0.2) is 6.29 Å². The highest BCUT2D eigenvalue weighted by atomic mass is 28.3. The molecule has 114 valence electrons. The van der Waals surface area contributed by atoms with E-state index in [1.807, 2.05) is 29.0 Å². The van der Waals surface area contributed by atoms with Crippen LogP contribution < -0.4 is 4.74 Å². The molecule has 0 amide bonds. The first-order valence-corrected chi connectivity index (χ1v) is 10.8. The molecule has 5 heteroatoms. The normalized spacial score (nSPS) is 11.8. The Balaban J connectivity index is 2.16. The minimum Gasteiger partial charge on any atom is -0.497 e. The van der Waals surface area contributed by atoms with Crippen LogP contribution in [-0.2, 0) is 11.5 Å². The molecule has 2 rings (SSSR count). The Labute approximate surface area is 126 Å². The third-order valence-electron chi connectivity index (χ3n) is 3.47. The average Bonchev–Trinajstić information content (AvgIpc) is 2.79. The van der Waals surface area contributed by atoms with Crippen LogP contribution in [-0.4, -0.2) is 32.6 Å². The molecule has 0 bridgehead atoms. The van der Waals surface area contributed by atoms with Crippen molar-refractivity contribution in [3.8, 4) is 5.75 Å². The molecule has 0 N–H and O–H groups in total. The maximum Gasteiger partial charge on any atom is 0.152 e. The summed E-state index contributed by atoms with van der Waals surface area (Å²) in [6.07, 6.45) is 2.72. The van der Waals surface area contributed by atoms with Crippen LogP contribution in [0.3, 0.4) is 0 Å². The standard InChI is InChI=1S/C16H23NO3Si/c1-19-14-5-6-15-13(11-18)10-17(16(15)9-14)12-20-7-8-21(2,3)4/h5-6,9-11H,7-8,12H2,1-4H3. The lowest BCUT2D eigenvalue weighted by Crippen LogP contribution is -2.21. The third-order valence-corrected chi connectivity index (χ3v) is 5.18. The number of carbonyl (C=O) groups excluding carboxylic acids is 1. The van der Waals surface area contributed by atoms with E-state index in [0.717, 1.165) is 35.6 Å². The number of hydrogen-bond donors (Lipinski definition) is 0. The molecule has 0 radical (unpaired) electrons. The molecule has 0 saturated carbocycles. The fraction of sp³-hybridized carbons (Fsp3) is 0.438. The number of methoxy groups -OCH3 is 1. The van der Waals surface area contributed by atoms with Gasteiger partial charge in [0.05, 0.1) is 12.6 Å². The van der Waals surface area contributed by atoms with Gasteiger partial charge in [-0.3, -0.25) is 4.79 Å². The number of benzene rings is 1. The molecule has 1 aromatic heterocycles. The lowest BCUT2D eigenvalue weighted by Gasteiger charge is -2.15. The summed E-state index contributed by atoms with van der Waals surface area (Å²) in [6, 6.07) is 6.85. The van der Waals surface area contributed by atoms with Crippen molar-refractivity contribution in [3.63, 3.8) is 0 Å². The summed E-state index contributed by atoms with van der Waals surface area (Å²) in [5.41, 5.74) is 1.64. The maximum atomic E-state index is 11.2. The van der Waals surface area contributed by atoms with Crippen LogP contribution in [0.1, 0.15) is 10.4 Å². The number of hydrogen-bond acceptors (Lipinski definition) is 3. The number of rotatable bonds is 7. The van der Waals surface area contributed by atoms with Gasteiger partial charge in [0.25, 0.3) is 0 Å². The highest BCUT2D eigenvalue weighted by Gasteiger charge is 2.13. The monoisotopic (exact) mass is 305 g/mol. The number of fused-ring (bicyclic) bond motifs is 1. The second kappa shape index (κ2) is 6.45. The molecule has 1 heterocycles. The molecule has 1 aromatic carbocycles. The van der Waals surface area contributed by atoms with Gasteiger partial charge in [0.2, 0.25) is 0 Å². The van der Waals surface area contributed by atoms with E-state index in [1.54, 1.807) is 7.11 Å². The van der Waals surface area contributed by atoms with E-state index in [1.165, 1.54) is 0 Å². The number of nitrogens with zero attached hydrogens (tertiary/aromatic N) is 1. The van der Waals surface area contributed by atoms with Crippen LogP contribution in [0.4, 0.5) is 0 Å². The van der Waals surface area contributed by atoms with Gasteiger partial charge < -0.3 is 14.0 Å². The molecule has 0 atom stereocenters. The van der Waals surface area contributed by atoms with Gasteiger partial charge in [-0.15, -0.1) is 0 Å². The molecule has 0 fully saturated rings. The lowest BCUT2D eigenvalue weighted by molar-refractivity contribution is 0.0901. The molecule has 0 aliphatic rings. The zero-order valence-corrected chi connectivity index (χ0v) is 14.2. The minimum atomic E-state index is -1.08. The second-order valence-electron chi connectivity index (χ2n) is 6.40. The smallest absolute Gasteiger partial charge is 0.152 e. The van der Waals surface area contributed by atoms with Crippen molar-refractivity contribution >= 4 is 25.3 Å². The SMILES string of the molecule is COc1ccc2c(C=O)cn(COCC[Si](C)(C)C)c2c1. The van der Waals surface area contributed by atoms with Crippen molar-refractivity contribution in [2.24, 2.45) is 0 Å². The highest BCUT2D eigenvalue weighted by Crippen LogP contribution is 2.25. The van der Waals surface area contributed by atoms with Crippen LogP contribution in [0.15, 0.2) is 24.4 Å². The topological polar surface area (TPSA) is 40.5 Å². The third kappa shape index (κ3) is 3.95. The molecule has 21 heavy (non-hydrogen) atoms. The molecule has 0 aliphatic carbocycles. The summed E-state index contributed by atoms with van der Waals surface area (Å²) in [6.45, 7) is 8.21. The van der Waals surface area contributed by atoms with Gasteiger partial charge in [-0.2, -0.15) is 0 Å². The molecule has 0 spiro atoms. The molecule has 0 saturated heterocycles. The Bertz CT molecular complexity index is 628. The molecule has 4 nitrogen and oxygen atoms in total. The fourth-order valence-electron chi connectivity index (χ4n) is 2.17. The van der Waals surface area contributed by atoms with Gasteiger partial charge in [-0.25, -0.2) is 0 Å². The molecule has 0 unspecified atom stereocenters. The first kappa shape index (κ1) is 15.8. The van der Waals surface area contributed by atoms with Gasteiger partial charge in [0.1, 0.15) is 12.5 Å². The molecule has 0 aliphatic heterocycles. The molecule has 2 aromatic rings. The molecular formula is C16H23NO3Si. The Morgan fingerprint density at radius 1 is 1.29 bits per heavy atom. The Morgan fingerprint density at radius 3 is 2.67 bits per heavy atom. The summed E-state index contributed by atoms with van der Waals surface area (Å²) in [5, 5.41) is 0.930. The van der Waals surface area contributed by atoms with Crippen LogP contribution in [0.5, 0.6) is 5.75 Å². The van der Waals surface area contributed by atoms with Crippen molar-refractivity contribution < 1.29 is 14.3 Å². The van der Waals surface area contributed by atoms with E-state index in [2.05, 4.69) is 19.6 Å². The highest BCUT2D eigenvalue weighted by molar-refractivity contribution is 6.76. The van der Waals surface area contributed by atoms with Crippen molar-refractivity contribution in [1.29, 1.82) is 0 Å². The number of ether oxygens (including phenoxy) is 2. The number of aromatic nitrogens is 1. The van der Waals surface area contributed by atoms with Crippen LogP contribution >= 0.6 is 0 Å². The predicted octanol–water partition coefficient (Wildman–Crippen LogP) is 3.77. The summed E-state index contributed by atoms with van der Waals surface area (Å²) >= 11 is 0. The Kier molecular flexibility index (Phi) is 4.85. The van der Waals surface area contributed by atoms with Crippen molar-refractivity contribution in [1.82, 2.24) is 4.57 Å². The van der Waals surface area contributed by atoms with Gasteiger partial charge in [-0.05, 0) is 18.2 Å². The number of aldehydes is 1. The summed E-state index contributed by atoms with van der Waals surface area (Å²) in [5.74, 6) is 0.779. The second-order valence-corrected chi connectivity index (χ2v) is 12.0. The van der Waals surface area contributed by atoms with Crippen LogP contribution in [0, 0.1) is 0 Å². The van der Waals surface area contributed by atoms with Gasteiger partial charge in [0, 0.05) is 37.9 Å². The first-order chi connectivity index (χ1) is 9.94. The van der Waals surface area contributed by atoms with Gasteiger partial charge in [-0.1, -0.05) is 19.6 Å². The largest absolute Gasteiger partial charge is 0.497 e. The zero-order valence-electron chi connectivity index (χ0n) is 13.2. The van der Waals surface area contributed by atoms with Gasteiger partial charge >= 0.3 is 0 Å². The predicted molar refractivity (Wildman–Crippen MR) is 88.0 cm³/mol. The summed E-state index contributed by atoms with van der Waals surface area (Å²) in [4.78, 5) is 11.2. The Morgan fingerprint density at radius 2 is 2.05 bits per heavy atom. The fourth-order valence-corrected chi connectivity index (χ4v) is 2.93. The zero-order chi connectivity index (χ0) is 15.5. The first-order valence-electron chi connectivity index (χ1n) is 7.14. The van der Waals surface area contributed by atoms with Crippen LogP contribution in [0.25, 0.3) is 10.9 Å². The quantitative estimate of drug-likeness (QED) is 0.444. The van der Waals surface area contributed by atoms with E-state index in [-0.39, 0.29) is 0 Å². The Hall–Kier alpha value is -1.59. The average molecular weight is 305 g/mol. The van der Waals surface area contributed by atoms with Crippen molar-refractivity contribution in [2.75, 3.05) is 13.7 Å².